The van der Waals surface area contributed by atoms with Crippen LogP contribution in [0.4, 0.5) is 0 Å². The second-order valence-corrected chi connectivity index (χ2v) is 14.8. The summed E-state index contributed by atoms with van der Waals surface area (Å²) in [6.07, 6.45) is 0. The molecule has 200 valence electrons. The van der Waals surface area contributed by atoms with Crippen LogP contribution in [0.15, 0.2) is 145 Å². The molecule has 0 radical (unpaired) electrons. The van der Waals surface area contributed by atoms with Crippen molar-refractivity contribution < 1.29 is 38.1 Å². The normalized spacial score (nSPS) is 13.4. The Kier molecular flexibility index (Phi) is 9.19. The van der Waals surface area contributed by atoms with Gasteiger partial charge in [-0.25, -0.2) is 0 Å². The second-order valence-electron chi connectivity index (χ2n) is 7.46. The van der Waals surface area contributed by atoms with E-state index in [1.165, 1.54) is 97.1 Å². The number of nitrogens with two attached hydrogens (primary N) is 1. The van der Waals surface area contributed by atoms with Crippen molar-refractivity contribution in [1.29, 1.82) is 0 Å². The van der Waals surface area contributed by atoms with Gasteiger partial charge in [0.25, 0.3) is 10.0 Å². The lowest BCUT2D eigenvalue weighted by molar-refractivity contribution is -0.313. The Balaban J connectivity index is 0.000000211. The summed E-state index contributed by atoms with van der Waals surface area (Å²) < 4.78 is 98.9. The first-order valence-electron chi connectivity index (χ1n) is 10.6. The summed E-state index contributed by atoms with van der Waals surface area (Å²) >= 11 is 0. The minimum Gasteiger partial charge on any atom is -0.759 e. The third-order valence-electron chi connectivity index (χ3n) is 4.68. The number of hydrogen-bond acceptors (Lipinski definition) is 8. The van der Waals surface area contributed by atoms with Gasteiger partial charge < -0.3 is 4.55 Å². The zero-order chi connectivity index (χ0) is 27.9. The predicted molar refractivity (Wildman–Crippen MR) is 139 cm³/mol. The van der Waals surface area contributed by atoms with Crippen molar-refractivity contribution in [2.45, 2.75) is 19.6 Å². The Morgan fingerprint density at radius 2 is 0.737 bits per heavy atom. The summed E-state index contributed by atoms with van der Waals surface area (Å²) in [7, 11) is -16.4. The third-order valence-corrected chi connectivity index (χ3v) is 11.9. The lowest BCUT2D eigenvalue weighted by atomic mass is 10.4. The monoisotopic (exact) mass is 594 g/mol. The molecule has 2 N–H and O–H groups in total. The number of sulfonamides is 3. The van der Waals surface area contributed by atoms with E-state index < -0.39 is 40.1 Å². The molecule has 0 heterocycles. The van der Waals surface area contributed by atoms with Crippen LogP contribution in [0.2, 0.25) is 0 Å². The molecule has 4 aromatic rings. The van der Waals surface area contributed by atoms with Crippen molar-refractivity contribution in [1.82, 2.24) is 0 Å². The van der Waals surface area contributed by atoms with Crippen LogP contribution >= 0.6 is 0 Å². The number of nitrogens with zero attached hydrogens (tertiary/aromatic N) is 1. The average Bonchev–Trinajstić information content (AvgIpc) is 2.90. The average molecular weight is 595 g/mol. The summed E-state index contributed by atoms with van der Waals surface area (Å²) in [6, 6.07) is 29.3. The van der Waals surface area contributed by atoms with Crippen LogP contribution in [-0.4, -0.2) is 34.0 Å². The molecule has 4 aromatic carbocycles. The van der Waals surface area contributed by atoms with Gasteiger partial charge in [-0.15, -0.1) is 7.90 Å². The number of hydrogen-bond donors (Lipinski definition) is 1. The van der Waals surface area contributed by atoms with E-state index in [9.17, 15) is 34.0 Å². The van der Waals surface area contributed by atoms with Crippen molar-refractivity contribution in [3.63, 3.8) is 0 Å². The Bertz CT molecular complexity index is 1740. The van der Waals surface area contributed by atoms with Gasteiger partial charge in [-0.2, -0.15) is 25.3 Å². The molecule has 0 amide bonds. The van der Waals surface area contributed by atoms with Gasteiger partial charge in [0.1, 0.15) is 9.79 Å². The zero-order valence-electron chi connectivity index (χ0n) is 19.5. The van der Waals surface area contributed by atoms with Gasteiger partial charge in [-0.1, -0.05) is 72.8 Å². The Hall–Kier alpha value is -3.40. The fraction of sp³-hybridized carbons (Fsp3) is 0. The van der Waals surface area contributed by atoms with Gasteiger partial charge in [-0.05, 0) is 48.5 Å². The molecule has 4 rings (SSSR count). The van der Waals surface area contributed by atoms with E-state index in [0.29, 0.717) is 4.13 Å². The van der Waals surface area contributed by atoms with Crippen LogP contribution in [0.1, 0.15) is 0 Å². The highest BCUT2D eigenvalue weighted by atomic mass is 32.3. The van der Waals surface area contributed by atoms with E-state index in [2.05, 4.69) is 3.77 Å². The Morgan fingerprint density at radius 3 is 1.08 bits per heavy atom. The maximum atomic E-state index is 12.0. The van der Waals surface area contributed by atoms with Gasteiger partial charge in [-0.3, -0.25) is 4.21 Å². The van der Waals surface area contributed by atoms with Crippen LogP contribution in [0.5, 0.6) is 0 Å². The molecule has 0 saturated heterocycles. The minimum atomic E-state index is -4.23. The first kappa shape index (κ1) is 29.2. The van der Waals surface area contributed by atoms with E-state index in [1.807, 2.05) is 0 Å². The first-order valence-corrected chi connectivity index (χ1v) is 16.6. The van der Waals surface area contributed by atoms with E-state index in [-0.39, 0.29) is 19.6 Å². The molecule has 0 aromatic heterocycles. The number of primary sulfonamides is 2. The maximum Gasteiger partial charge on any atom is 0.338 e. The maximum absolute atomic E-state index is 12.0. The largest absolute Gasteiger partial charge is 0.759 e. The third kappa shape index (κ3) is 7.80. The summed E-state index contributed by atoms with van der Waals surface area (Å²) in [4.78, 5) is -0.409. The van der Waals surface area contributed by atoms with E-state index in [0.717, 1.165) is 0 Å². The fourth-order valence-electron chi connectivity index (χ4n) is 2.90. The van der Waals surface area contributed by atoms with Crippen molar-refractivity contribution in [3.05, 3.63) is 121 Å². The van der Waals surface area contributed by atoms with E-state index in [1.54, 1.807) is 24.3 Å². The molecule has 10 nitrogen and oxygen atoms in total. The Labute approximate surface area is 222 Å². The van der Waals surface area contributed by atoms with Crippen molar-refractivity contribution >= 4 is 40.1 Å². The number of quaternary nitrogens is 1. The highest BCUT2D eigenvalue weighted by Gasteiger charge is 2.28. The molecule has 0 spiro atoms. The molecular formula is C24H22N2O8S4. The van der Waals surface area contributed by atoms with E-state index >= 15 is 0 Å². The molecular weight excluding hydrogens is 573 g/mol. The number of benzene rings is 4. The molecule has 14 heteroatoms. The summed E-state index contributed by atoms with van der Waals surface area (Å²) in [5.74, 6) is 0. The molecule has 0 saturated carbocycles. The minimum absolute atomic E-state index is 0.0468. The van der Waals surface area contributed by atoms with Gasteiger partial charge >= 0.3 is 20.0 Å². The van der Waals surface area contributed by atoms with Crippen LogP contribution in [0.25, 0.3) is 0 Å². The molecule has 0 aliphatic heterocycles. The standard InChI is InChI=1S/2C12H11NO4S2/c2*14-18(15,11-7-3-1-4-8-11)13-19(16,17)12-9-5-2-6-10-12/h1-10H,(H,13,14,15);1-10,13H. The van der Waals surface area contributed by atoms with Gasteiger partial charge in [0.15, 0.2) is 0 Å². The van der Waals surface area contributed by atoms with Crippen LogP contribution < -0.4 is 4.13 Å². The highest BCUT2D eigenvalue weighted by molar-refractivity contribution is 8.00. The smallest absolute Gasteiger partial charge is 0.338 e. The molecule has 0 aliphatic carbocycles. The molecule has 0 bridgehead atoms. The van der Waals surface area contributed by atoms with Crippen molar-refractivity contribution in [2.24, 2.45) is 3.77 Å². The summed E-state index contributed by atoms with van der Waals surface area (Å²) in [6.45, 7) is 0. The first-order chi connectivity index (χ1) is 17.8. The Morgan fingerprint density at radius 1 is 0.447 bits per heavy atom. The SMILES string of the molecule is O=S(=O)(N=S(=O)([O-])c1ccccc1)c1ccccc1.O=S(=O)([NH2+]S(=O)(=O)c1ccccc1)c1ccccc1. The fourth-order valence-corrected chi connectivity index (χ4v) is 8.92. The topological polar surface area (TPSA) is 172 Å². The van der Waals surface area contributed by atoms with Gasteiger partial charge in [0, 0.05) is 14.9 Å². The molecule has 0 fully saturated rings. The van der Waals surface area contributed by atoms with E-state index in [4.69, 9.17) is 0 Å². The molecule has 1 unspecified atom stereocenters. The van der Waals surface area contributed by atoms with Crippen molar-refractivity contribution in [2.75, 3.05) is 0 Å². The second kappa shape index (κ2) is 12.0. The predicted octanol–water partition coefficient (Wildman–Crippen LogP) is 2.36. The van der Waals surface area contributed by atoms with Crippen LogP contribution in [0.3, 0.4) is 0 Å². The number of rotatable bonds is 7. The molecule has 38 heavy (non-hydrogen) atoms. The molecule has 1 atom stereocenters. The molecule has 0 aliphatic rings. The lowest BCUT2D eigenvalue weighted by Crippen LogP contribution is -2.89. The van der Waals surface area contributed by atoms with Crippen LogP contribution in [-0.2, 0) is 40.1 Å². The van der Waals surface area contributed by atoms with Gasteiger partial charge in [0.05, 0.1) is 4.90 Å². The summed E-state index contributed by atoms with van der Waals surface area (Å²) in [5, 5.41) is 0. The lowest BCUT2D eigenvalue weighted by Gasteiger charge is -2.13. The van der Waals surface area contributed by atoms with Crippen LogP contribution in [0, 0.1) is 0 Å². The quantitative estimate of drug-likeness (QED) is 0.340. The summed E-state index contributed by atoms with van der Waals surface area (Å²) in [5.41, 5.74) is 0. The van der Waals surface area contributed by atoms with Gasteiger partial charge in [0.2, 0.25) is 0 Å². The highest BCUT2D eigenvalue weighted by Crippen LogP contribution is 2.17. The zero-order valence-corrected chi connectivity index (χ0v) is 22.7. The van der Waals surface area contributed by atoms with Crippen molar-refractivity contribution in [3.8, 4) is 0 Å².